The van der Waals surface area contributed by atoms with Gasteiger partial charge in [0.05, 0.1) is 11.4 Å². The molecular formula is C19H19ClN2O3S. The van der Waals surface area contributed by atoms with Crippen molar-refractivity contribution in [1.82, 2.24) is 5.32 Å². The average Bonchev–Trinajstić information content (AvgIpc) is 2.98. The monoisotopic (exact) mass is 390 g/mol. The zero-order chi connectivity index (χ0) is 18.6. The Morgan fingerprint density at radius 1 is 1.19 bits per heavy atom. The molecule has 0 spiro atoms. The highest BCUT2D eigenvalue weighted by atomic mass is 35.5. The van der Waals surface area contributed by atoms with Gasteiger partial charge in [0.1, 0.15) is 0 Å². The third kappa shape index (κ3) is 4.65. The predicted octanol–water partition coefficient (Wildman–Crippen LogP) is 3.21. The molecule has 3 rings (SSSR count). The summed E-state index contributed by atoms with van der Waals surface area (Å²) in [4.78, 5) is 11.9. The van der Waals surface area contributed by atoms with E-state index in [1.54, 1.807) is 42.5 Å². The first-order valence-corrected chi connectivity index (χ1v) is 10.2. The maximum Gasteiger partial charge on any atom is 0.244 e. The Morgan fingerprint density at radius 3 is 2.62 bits per heavy atom. The van der Waals surface area contributed by atoms with Gasteiger partial charge in [-0.25, -0.2) is 8.42 Å². The first-order valence-electron chi connectivity index (χ1n) is 8.25. The normalized spacial score (nSPS) is 16.1. The number of nitrogens with one attached hydrogen (secondary N) is 1. The van der Waals surface area contributed by atoms with E-state index in [0.29, 0.717) is 30.2 Å². The number of sulfonamides is 1. The lowest BCUT2D eigenvalue weighted by atomic mass is 10.2. The van der Waals surface area contributed by atoms with Gasteiger partial charge >= 0.3 is 0 Å². The SMILES string of the molecule is O=C(/C=C/c1ccc(N2CCCS2(=O)=O)cc1)NCc1cccc(Cl)c1. The molecule has 1 N–H and O–H groups in total. The fraction of sp³-hybridized carbons (Fsp3) is 0.211. The highest BCUT2D eigenvalue weighted by molar-refractivity contribution is 7.93. The highest BCUT2D eigenvalue weighted by Crippen LogP contribution is 2.24. The van der Waals surface area contributed by atoms with Gasteiger partial charge in [-0.3, -0.25) is 9.10 Å². The second-order valence-electron chi connectivity index (χ2n) is 6.01. The van der Waals surface area contributed by atoms with Crippen molar-refractivity contribution in [1.29, 1.82) is 0 Å². The first-order chi connectivity index (χ1) is 12.4. The molecule has 136 valence electrons. The van der Waals surface area contributed by atoms with Gasteiger partial charge < -0.3 is 5.32 Å². The summed E-state index contributed by atoms with van der Waals surface area (Å²) < 4.78 is 25.3. The minimum atomic E-state index is -3.17. The summed E-state index contributed by atoms with van der Waals surface area (Å²) in [6.07, 6.45) is 3.79. The van der Waals surface area contributed by atoms with Gasteiger partial charge in [0, 0.05) is 24.2 Å². The van der Waals surface area contributed by atoms with Gasteiger partial charge in [0.15, 0.2) is 0 Å². The molecule has 0 aliphatic carbocycles. The Labute approximate surface area is 158 Å². The smallest absolute Gasteiger partial charge is 0.244 e. The van der Waals surface area contributed by atoms with Gasteiger partial charge in [0.25, 0.3) is 0 Å². The van der Waals surface area contributed by atoms with Crippen molar-refractivity contribution in [2.75, 3.05) is 16.6 Å². The number of hydrogen-bond acceptors (Lipinski definition) is 3. The van der Waals surface area contributed by atoms with E-state index in [1.165, 1.54) is 10.4 Å². The molecule has 2 aromatic rings. The van der Waals surface area contributed by atoms with Crippen molar-refractivity contribution in [2.45, 2.75) is 13.0 Å². The molecule has 1 fully saturated rings. The van der Waals surface area contributed by atoms with E-state index in [2.05, 4.69) is 5.32 Å². The van der Waals surface area contributed by atoms with E-state index in [9.17, 15) is 13.2 Å². The summed E-state index contributed by atoms with van der Waals surface area (Å²) in [5.74, 6) is -0.0160. The quantitative estimate of drug-likeness (QED) is 0.797. The third-order valence-electron chi connectivity index (χ3n) is 4.06. The van der Waals surface area contributed by atoms with Crippen molar-refractivity contribution in [3.63, 3.8) is 0 Å². The van der Waals surface area contributed by atoms with E-state index >= 15 is 0 Å². The summed E-state index contributed by atoms with van der Waals surface area (Å²) >= 11 is 5.91. The molecule has 2 aromatic carbocycles. The molecule has 0 bridgehead atoms. The molecule has 1 amide bonds. The van der Waals surface area contributed by atoms with Crippen LogP contribution < -0.4 is 9.62 Å². The molecule has 0 atom stereocenters. The van der Waals surface area contributed by atoms with E-state index in [4.69, 9.17) is 11.6 Å². The summed E-state index contributed by atoms with van der Waals surface area (Å²) in [5, 5.41) is 3.42. The summed E-state index contributed by atoms with van der Waals surface area (Å²) in [6, 6.07) is 14.4. The zero-order valence-corrected chi connectivity index (χ0v) is 15.6. The molecular weight excluding hydrogens is 372 g/mol. The van der Waals surface area contributed by atoms with Crippen LogP contribution >= 0.6 is 11.6 Å². The van der Waals surface area contributed by atoms with Gasteiger partial charge in [-0.05, 0) is 47.9 Å². The lowest BCUT2D eigenvalue weighted by Crippen LogP contribution is -2.24. The number of rotatable bonds is 5. The lowest BCUT2D eigenvalue weighted by molar-refractivity contribution is -0.116. The number of benzene rings is 2. The topological polar surface area (TPSA) is 66.5 Å². The van der Waals surface area contributed by atoms with Crippen molar-refractivity contribution in [3.05, 3.63) is 70.8 Å². The van der Waals surface area contributed by atoms with Gasteiger partial charge in [-0.15, -0.1) is 0 Å². The summed E-state index contributed by atoms with van der Waals surface area (Å²) in [6.45, 7) is 0.916. The predicted molar refractivity (Wildman–Crippen MR) is 105 cm³/mol. The third-order valence-corrected chi connectivity index (χ3v) is 6.17. The fourth-order valence-electron chi connectivity index (χ4n) is 2.75. The molecule has 26 heavy (non-hydrogen) atoms. The van der Waals surface area contributed by atoms with Crippen LogP contribution in [0, 0.1) is 0 Å². The van der Waals surface area contributed by atoms with E-state index < -0.39 is 10.0 Å². The van der Waals surface area contributed by atoms with Crippen LogP contribution in [0.5, 0.6) is 0 Å². The highest BCUT2D eigenvalue weighted by Gasteiger charge is 2.28. The minimum absolute atomic E-state index is 0.196. The van der Waals surface area contributed by atoms with Crippen LogP contribution in [0.15, 0.2) is 54.6 Å². The lowest BCUT2D eigenvalue weighted by Gasteiger charge is -2.16. The van der Waals surface area contributed by atoms with Gasteiger partial charge in [-0.1, -0.05) is 35.9 Å². The molecule has 0 unspecified atom stereocenters. The van der Waals surface area contributed by atoms with Crippen molar-refractivity contribution in [3.8, 4) is 0 Å². The maximum absolute atomic E-state index is 11.9. The number of carbonyl (C=O) groups is 1. The molecule has 1 aliphatic heterocycles. The number of hydrogen-bond donors (Lipinski definition) is 1. The largest absolute Gasteiger partial charge is 0.348 e. The average molecular weight is 391 g/mol. The van der Waals surface area contributed by atoms with Crippen LogP contribution in [-0.2, 0) is 21.4 Å². The van der Waals surface area contributed by atoms with E-state index in [-0.39, 0.29) is 11.7 Å². The second kappa shape index (κ2) is 7.93. The van der Waals surface area contributed by atoms with Crippen molar-refractivity contribution >= 4 is 39.3 Å². The fourth-order valence-corrected chi connectivity index (χ4v) is 4.53. The van der Waals surface area contributed by atoms with Crippen LogP contribution in [0.3, 0.4) is 0 Å². The zero-order valence-electron chi connectivity index (χ0n) is 14.1. The number of anilines is 1. The molecule has 5 nitrogen and oxygen atoms in total. The maximum atomic E-state index is 11.9. The van der Waals surface area contributed by atoms with Crippen molar-refractivity contribution < 1.29 is 13.2 Å². The molecule has 1 heterocycles. The summed E-state index contributed by atoms with van der Waals surface area (Å²) in [5.41, 5.74) is 2.41. The minimum Gasteiger partial charge on any atom is -0.348 e. The van der Waals surface area contributed by atoms with Crippen LogP contribution in [0.1, 0.15) is 17.5 Å². The Balaban J connectivity index is 1.57. The van der Waals surface area contributed by atoms with Crippen LogP contribution in [0.2, 0.25) is 5.02 Å². The molecule has 0 aromatic heterocycles. The Hall–Kier alpha value is -2.31. The Morgan fingerprint density at radius 2 is 1.96 bits per heavy atom. The van der Waals surface area contributed by atoms with Crippen LogP contribution in [-0.4, -0.2) is 26.6 Å². The Kier molecular flexibility index (Phi) is 5.64. The first kappa shape index (κ1) is 18.5. The Bertz CT molecular complexity index is 924. The molecule has 0 saturated carbocycles. The standard InChI is InChI=1S/C19H19ClN2O3S/c20-17-4-1-3-16(13-17)14-21-19(23)10-7-15-5-8-18(9-6-15)22-11-2-12-26(22,24)25/h1,3-10,13H,2,11-12,14H2,(H,21,23)/b10-7+. The van der Waals surface area contributed by atoms with E-state index in [0.717, 1.165) is 11.1 Å². The van der Waals surface area contributed by atoms with Crippen LogP contribution in [0.25, 0.3) is 6.08 Å². The number of halogens is 1. The van der Waals surface area contributed by atoms with Crippen molar-refractivity contribution in [2.24, 2.45) is 0 Å². The molecule has 1 saturated heterocycles. The molecule has 0 radical (unpaired) electrons. The van der Waals surface area contributed by atoms with Gasteiger partial charge in [0.2, 0.25) is 15.9 Å². The summed E-state index contributed by atoms with van der Waals surface area (Å²) in [7, 11) is -3.17. The number of amides is 1. The van der Waals surface area contributed by atoms with Crippen LogP contribution in [0.4, 0.5) is 5.69 Å². The molecule has 1 aliphatic rings. The molecule has 7 heteroatoms. The number of carbonyl (C=O) groups excluding carboxylic acids is 1. The van der Waals surface area contributed by atoms with Gasteiger partial charge in [-0.2, -0.15) is 0 Å². The number of nitrogens with zero attached hydrogens (tertiary/aromatic N) is 1. The second-order valence-corrected chi connectivity index (χ2v) is 8.46. The van der Waals surface area contributed by atoms with E-state index in [1.807, 2.05) is 12.1 Å².